The van der Waals surface area contributed by atoms with Crippen molar-refractivity contribution >= 4 is 35.1 Å². The molecule has 1 rings (SSSR count). The summed E-state index contributed by atoms with van der Waals surface area (Å²) in [4.78, 5) is 23.4. The molecule has 0 aliphatic rings. The number of ether oxygens (including phenoxy) is 1. The minimum absolute atomic E-state index is 0.0942. The molecule has 0 fully saturated rings. The van der Waals surface area contributed by atoms with Crippen LogP contribution in [-0.2, 0) is 9.53 Å². The molecule has 0 saturated carbocycles. The SMILES string of the molecule is CC(C)(C)OCCC(NC(=O)c1cccc(Cl)c1Cl)C(=O)O. The number of carboxylic acids is 1. The molecule has 1 amide bonds. The fraction of sp³-hybridized carbons (Fsp3) is 0.467. The third-order valence-corrected chi connectivity index (χ3v) is 3.56. The van der Waals surface area contributed by atoms with Crippen molar-refractivity contribution in [3.63, 3.8) is 0 Å². The average molecular weight is 348 g/mol. The van der Waals surface area contributed by atoms with Gasteiger partial charge in [-0.1, -0.05) is 29.3 Å². The van der Waals surface area contributed by atoms with Gasteiger partial charge in [-0.15, -0.1) is 0 Å². The van der Waals surface area contributed by atoms with Gasteiger partial charge in [0, 0.05) is 13.0 Å². The van der Waals surface area contributed by atoms with E-state index in [-0.39, 0.29) is 34.2 Å². The number of benzene rings is 1. The number of nitrogens with one attached hydrogen (secondary N) is 1. The molecule has 1 aromatic rings. The highest BCUT2D eigenvalue weighted by molar-refractivity contribution is 6.43. The molecule has 0 saturated heterocycles. The van der Waals surface area contributed by atoms with Crippen LogP contribution in [0, 0.1) is 0 Å². The van der Waals surface area contributed by atoms with Gasteiger partial charge in [-0.2, -0.15) is 0 Å². The number of halogens is 2. The van der Waals surface area contributed by atoms with Crippen LogP contribution < -0.4 is 5.32 Å². The molecule has 22 heavy (non-hydrogen) atoms. The van der Waals surface area contributed by atoms with Crippen molar-refractivity contribution in [3.05, 3.63) is 33.8 Å². The lowest BCUT2D eigenvalue weighted by atomic mass is 10.1. The average Bonchev–Trinajstić information content (AvgIpc) is 2.39. The molecule has 0 aliphatic carbocycles. The topological polar surface area (TPSA) is 75.6 Å². The lowest BCUT2D eigenvalue weighted by Gasteiger charge is -2.21. The first-order valence-corrected chi connectivity index (χ1v) is 7.49. The van der Waals surface area contributed by atoms with E-state index >= 15 is 0 Å². The van der Waals surface area contributed by atoms with Gasteiger partial charge >= 0.3 is 5.97 Å². The molecule has 0 aliphatic heterocycles. The summed E-state index contributed by atoms with van der Waals surface area (Å²) in [6.07, 6.45) is 0.149. The Hall–Kier alpha value is -1.30. The summed E-state index contributed by atoms with van der Waals surface area (Å²) >= 11 is 11.8. The highest BCUT2D eigenvalue weighted by Gasteiger charge is 2.23. The molecular weight excluding hydrogens is 329 g/mol. The summed E-state index contributed by atoms with van der Waals surface area (Å²) < 4.78 is 5.48. The second-order valence-corrected chi connectivity index (χ2v) is 6.50. The van der Waals surface area contributed by atoms with E-state index in [1.807, 2.05) is 20.8 Å². The Balaban J connectivity index is 2.72. The van der Waals surface area contributed by atoms with Crippen LogP contribution in [0.3, 0.4) is 0 Å². The number of hydrogen-bond acceptors (Lipinski definition) is 3. The quantitative estimate of drug-likeness (QED) is 0.826. The molecule has 7 heteroatoms. The number of carbonyl (C=O) groups excluding carboxylic acids is 1. The number of hydrogen-bond donors (Lipinski definition) is 2. The van der Waals surface area contributed by atoms with Crippen LogP contribution in [0.4, 0.5) is 0 Å². The Morgan fingerprint density at radius 1 is 1.32 bits per heavy atom. The lowest BCUT2D eigenvalue weighted by molar-refractivity contribution is -0.140. The largest absolute Gasteiger partial charge is 0.480 e. The van der Waals surface area contributed by atoms with E-state index in [0.717, 1.165) is 0 Å². The van der Waals surface area contributed by atoms with Crippen LogP contribution in [0.25, 0.3) is 0 Å². The molecule has 0 aromatic heterocycles. The number of carbonyl (C=O) groups is 2. The highest BCUT2D eigenvalue weighted by Crippen LogP contribution is 2.25. The number of carboxylic acid groups (broad SMARTS) is 1. The van der Waals surface area contributed by atoms with Crippen LogP contribution in [0.2, 0.25) is 10.0 Å². The third kappa shape index (κ3) is 5.83. The van der Waals surface area contributed by atoms with Gasteiger partial charge in [-0.05, 0) is 32.9 Å². The predicted octanol–water partition coefficient (Wildman–Crippen LogP) is 3.38. The summed E-state index contributed by atoms with van der Waals surface area (Å²) in [6, 6.07) is 3.53. The van der Waals surface area contributed by atoms with E-state index in [1.54, 1.807) is 12.1 Å². The number of amides is 1. The maximum atomic E-state index is 12.1. The van der Waals surface area contributed by atoms with Crippen molar-refractivity contribution in [2.45, 2.75) is 38.8 Å². The molecule has 5 nitrogen and oxygen atoms in total. The van der Waals surface area contributed by atoms with Gasteiger partial charge in [0.05, 0.1) is 21.2 Å². The highest BCUT2D eigenvalue weighted by atomic mass is 35.5. The number of rotatable bonds is 6. The summed E-state index contributed by atoms with van der Waals surface area (Å²) in [5.74, 6) is -1.72. The molecule has 0 radical (unpaired) electrons. The third-order valence-electron chi connectivity index (χ3n) is 2.74. The fourth-order valence-electron chi connectivity index (χ4n) is 1.66. The van der Waals surface area contributed by atoms with E-state index in [9.17, 15) is 14.7 Å². The maximum Gasteiger partial charge on any atom is 0.326 e. The maximum absolute atomic E-state index is 12.1. The van der Waals surface area contributed by atoms with Crippen LogP contribution in [0.15, 0.2) is 18.2 Å². The zero-order chi connectivity index (χ0) is 16.9. The first kappa shape index (κ1) is 18.7. The van der Waals surface area contributed by atoms with Crippen molar-refractivity contribution in [1.82, 2.24) is 5.32 Å². The first-order chi connectivity index (χ1) is 10.1. The van der Waals surface area contributed by atoms with Crippen molar-refractivity contribution in [2.24, 2.45) is 0 Å². The molecule has 0 heterocycles. The summed E-state index contributed by atoms with van der Waals surface area (Å²) in [7, 11) is 0. The zero-order valence-electron chi connectivity index (χ0n) is 12.7. The monoisotopic (exact) mass is 347 g/mol. The molecule has 0 bridgehead atoms. The molecule has 1 unspecified atom stereocenters. The Morgan fingerprint density at radius 3 is 2.50 bits per heavy atom. The van der Waals surface area contributed by atoms with E-state index in [0.29, 0.717) is 0 Å². The lowest BCUT2D eigenvalue weighted by Crippen LogP contribution is -2.42. The van der Waals surface area contributed by atoms with Crippen LogP contribution >= 0.6 is 23.2 Å². The first-order valence-electron chi connectivity index (χ1n) is 6.73. The Kier molecular flexibility index (Phi) is 6.66. The predicted molar refractivity (Wildman–Crippen MR) is 85.7 cm³/mol. The van der Waals surface area contributed by atoms with Gasteiger partial charge in [0.2, 0.25) is 0 Å². The van der Waals surface area contributed by atoms with Crippen LogP contribution in [0.1, 0.15) is 37.6 Å². The van der Waals surface area contributed by atoms with Gasteiger partial charge in [-0.3, -0.25) is 4.79 Å². The molecular formula is C15H19Cl2NO4. The molecule has 1 atom stereocenters. The van der Waals surface area contributed by atoms with Crippen molar-refractivity contribution in [1.29, 1.82) is 0 Å². The smallest absolute Gasteiger partial charge is 0.326 e. The van der Waals surface area contributed by atoms with Crippen molar-refractivity contribution < 1.29 is 19.4 Å². The normalized spacial score (nSPS) is 12.8. The molecule has 1 aromatic carbocycles. The second-order valence-electron chi connectivity index (χ2n) is 5.72. The minimum Gasteiger partial charge on any atom is -0.480 e. The van der Waals surface area contributed by atoms with Crippen molar-refractivity contribution in [3.8, 4) is 0 Å². The fourth-order valence-corrected chi connectivity index (χ4v) is 2.04. The van der Waals surface area contributed by atoms with E-state index in [2.05, 4.69) is 5.32 Å². The van der Waals surface area contributed by atoms with Gasteiger partial charge in [0.25, 0.3) is 5.91 Å². The van der Waals surface area contributed by atoms with Crippen LogP contribution in [0.5, 0.6) is 0 Å². The zero-order valence-corrected chi connectivity index (χ0v) is 14.2. The summed E-state index contributed by atoms with van der Waals surface area (Å²) in [5, 5.41) is 11.9. The molecule has 122 valence electrons. The van der Waals surface area contributed by atoms with Gasteiger partial charge in [0.1, 0.15) is 6.04 Å². The van der Waals surface area contributed by atoms with E-state index in [1.165, 1.54) is 6.07 Å². The molecule has 2 N–H and O–H groups in total. The van der Waals surface area contributed by atoms with Crippen molar-refractivity contribution in [2.75, 3.05) is 6.61 Å². The van der Waals surface area contributed by atoms with Gasteiger partial charge < -0.3 is 15.2 Å². The molecule has 0 spiro atoms. The van der Waals surface area contributed by atoms with Crippen LogP contribution in [-0.4, -0.2) is 35.2 Å². The number of aliphatic carboxylic acids is 1. The Bertz CT molecular complexity index is 555. The Morgan fingerprint density at radius 2 is 1.95 bits per heavy atom. The standard InChI is InChI=1S/C15H19Cl2NO4/c1-15(2,3)22-8-7-11(14(20)21)18-13(19)9-5-4-6-10(16)12(9)17/h4-6,11H,7-8H2,1-3H3,(H,18,19)(H,20,21). The van der Waals surface area contributed by atoms with Gasteiger partial charge in [0.15, 0.2) is 0 Å². The summed E-state index contributed by atoms with van der Waals surface area (Å²) in [6.45, 7) is 5.82. The Labute approximate surface area is 139 Å². The van der Waals surface area contributed by atoms with Gasteiger partial charge in [-0.25, -0.2) is 4.79 Å². The van der Waals surface area contributed by atoms with E-state index < -0.39 is 17.9 Å². The van der Waals surface area contributed by atoms with E-state index in [4.69, 9.17) is 27.9 Å². The summed E-state index contributed by atoms with van der Waals surface area (Å²) in [5.41, 5.74) is -0.235. The minimum atomic E-state index is -1.14. The second kappa shape index (κ2) is 7.81.